The van der Waals surface area contributed by atoms with E-state index in [1.54, 1.807) is 0 Å². The first-order valence-electron chi connectivity index (χ1n) is 6.49. The minimum atomic E-state index is -4.51. The van der Waals surface area contributed by atoms with E-state index in [9.17, 15) is 18.3 Å². The molecule has 2 fully saturated rings. The van der Waals surface area contributed by atoms with Gasteiger partial charge in [0.05, 0.1) is 0 Å². The van der Waals surface area contributed by atoms with Gasteiger partial charge >= 0.3 is 6.18 Å². The van der Waals surface area contributed by atoms with Gasteiger partial charge in [0.15, 0.2) is 5.60 Å². The first-order chi connectivity index (χ1) is 8.89. The topological polar surface area (TPSA) is 32.3 Å². The fourth-order valence-electron chi connectivity index (χ4n) is 2.79. The van der Waals surface area contributed by atoms with Crippen molar-refractivity contribution in [1.82, 2.24) is 5.32 Å². The fraction of sp³-hybridized carbons (Fsp3) is 0.571. The molecule has 1 aromatic rings. The Labute approximate surface area is 121 Å². The van der Waals surface area contributed by atoms with Gasteiger partial charge in [0.1, 0.15) is 0 Å². The zero-order valence-electron chi connectivity index (χ0n) is 10.8. The Morgan fingerprint density at radius 2 is 1.45 bits per heavy atom. The highest BCUT2D eigenvalue weighted by molar-refractivity contribution is 5.85. The predicted octanol–water partition coefficient (Wildman–Crippen LogP) is 2.97. The highest BCUT2D eigenvalue weighted by atomic mass is 35.5. The van der Waals surface area contributed by atoms with Crippen LogP contribution in [0.3, 0.4) is 0 Å². The number of hydrogen-bond acceptors (Lipinski definition) is 2. The van der Waals surface area contributed by atoms with Gasteiger partial charge in [-0.15, -0.1) is 12.4 Å². The molecule has 1 aromatic carbocycles. The van der Waals surface area contributed by atoms with Gasteiger partial charge in [0.25, 0.3) is 0 Å². The van der Waals surface area contributed by atoms with Gasteiger partial charge in [-0.25, -0.2) is 0 Å². The van der Waals surface area contributed by atoms with Crippen LogP contribution >= 0.6 is 12.4 Å². The number of benzene rings is 1. The lowest BCUT2D eigenvalue weighted by molar-refractivity contribution is -0.291. The molecule has 1 aliphatic heterocycles. The molecule has 2 aliphatic rings. The Balaban J connectivity index is 0.00000147. The lowest BCUT2D eigenvalue weighted by atomic mass is 9.67. The molecule has 0 unspecified atom stereocenters. The number of alkyl halides is 3. The fourth-order valence-corrected chi connectivity index (χ4v) is 2.79. The van der Waals surface area contributed by atoms with E-state index in [1.807, 2.05) is 24.3 Å². The van der Waals surface area contributed by atoms with Gasteiger partial charge in [-0.05, 0) is 29.9 Å². The second-order valence-electron chi connectivity index (χ2n) is 5.66. The van der Waals surface area contributed by atoms with E-state index in [0.29, 0.717) is 5.92 Å². The van der Waals surface area contributed by atoms with Crippen LogP contribution < -0.4 is 5.32 Å². The number of aliphatic hydroxyl groups is 1. The van der Waals surface area contributed by atoms with Crippen LogP contribution in [-0.2, 0) is 0 Å². The third kappa shape index (κ3) is 2.54. The second-order valence-corrected chi connectivity index (χ2v) is 5.66. The summed E-state index contributed by atoms with van der Waals surface area (Å²) >= 11 is 0. The van der Waals surface area contributed by atoms with Crippen molar-refractivity contribution < 1.29 is 18.3 Å². The van der Waals surface area contributed by atoms with Crippen LogP contribution in [0.1, 0.15) is 35.8 Å². The van der Waals surface area contributed by atoms with E-state index in [4.69, 9.17) is 0 Å². The maximum Gasteiger partial charge on any atom is 0.417 e. The van der Waals surface area contributed by atoms with Crippen molar-refractivity contribution in [2.75, 3.05) is 13.1 Å². The van der Waals surface area contributed by atoms with Crippen molar-refractivity contribution in [1.29, 1.82) is 0 Å². The van der Waals surface area contributed by atoms with Gasteiger partial charge in [-0.3, -0.25) is 0 Å². The molecule has 1 aliphatic carbocycles. The molecular weight excluding hydrogens is 291 g/mol. The van der Waals surface area contributed by atoms with Crippen LogP contribution in [0, 0.1) is 0 Å². The Bertz CT molecular complexity index is 464. The van der Waals surface area contributed by atoms with Crippen LogP contribution in [0.2, 0.25) is 0 Å². The normalized spacial score (nSPS) is 30.1. The molecule has 112 valence electrons. The van der Waals surface area contributed by atoms with Crippen molar-refractivity contribution in [2.24, 2.45) is 0 Å². The maximum atomic E-state index is 12.5. The van der Waals surface area contributed by atoms with E-state index in [2.05, 4.69) is 5.32 Å². The Hall–Kier alpha value is -0.780. The minimum absolute atomic E-state index is 0. The molecular formula is C14H17ClF3NO. The number of rotatable bonds is 2. The largest absolute Gasteiger partial charge is 0.417 e. The average Bonchev–Trinajstić information content (AvgIpc) is 2.22. The van der Waals surface area contributed by atoms with E-state index < -0.39 is 11.8 Å². The van der Waals surface area contributed by atoms with Crippen molar-refractivity contribution in [3.63, 3.8) is 0 Å². The molecule has 1 heterocycles. The zero-order valence-corrected chi connectivity index (χ0v) is 11.6. The van der Waals surface area contributed by atoms with E-state index >= 15 is 0 Å². The Kier molecular flexibility index (Phi) is 4.06. The van der Waals surface area contributed by atoms with Crippen LogP contribution in [0.25, 0.3) is 0 Å². The highest BCUT2D eigenvalue weighted by Crippen LogP contribution is 2.52. The summed E-state index contributed by atoms with van der Waals surface area (Å²) in [6.07, 6.45) is -4.96. The smallest absolute Gasteiger partial charge is 0.380 e. The summed E-state index contributed by atoms with van der Waals surface area (Å²) in [5.74, 6) is 0.350. The van der Waals surface area contributed by atoms with Crippen LogP contribution in [0.5, 0.6) is 0 Å². The zero-order chi connectivity index (χ0) is 13.7. The number of hydrogen-bond donors (Lipinski definition) is 2. The predicted molar refractivity (Wildman–Crippen MR) is 72.3 cm³/mol. The molecule has 1 saturated carbocycles. The lowest BCUT2D eigenvalue weighted by Crippen LogP contribution is -2.54. The van der Waals surface area contributed by atoms with Gasteiger partial charge in [0, 0.05) is 19.0 Å². The van der Waals surface area contributed by atoms with Crippen molar-refractivity contribution in [2.45, 2.75) is 36.5 Å². The lowest BCUT2D eigenvalue weighted by Gasteiger charge is -2.44. The summed E-state index contributed by atoms with van der Waals surface area (Å²) < 4.78 is 37.6. The van der Waals surface area contributed by atoms with Crippen LogP contribution in [0.4, 0.5) is 13.2 Å². The van der Waals surface area contributed by atoms with Gasteiger partial charge in [0.2, 0.25) is 0 Å². The van der Waals surface area contributed by atoms with Gasteiger partial charge in [-0.2, -0.15) is 13.2 Å². The standard InChI is InChI=1S/C14H16F3NO.ClH/c15-14(16,17)13(19)5-11(6-13)9-1-3-10(4-2-9)12-7-18-8-12;/h1-4,11-12,18-19H,5-8H2;1H. The Morgan fingerprint density at radius 1 is 1.00 bits per heavy atom. The van der Waals surface area contributed by atoms with Crippen molar-refractivity contribution in [3.05, 3.63) is 35.4 Å². The quantitative estimate of drug-likeness (QED) is 0.880. The number of halogens is 4. The molecule has 1 saturated heterocycles. The highest BCUT2D eigenvalue weighted by Gasteiger charge is 2.61. The summed E-state index contributed by atoms with van der Waals surface area (Å²) in [6.45, 7) is 1.94. The van der Waals surface area contributed by atoms with Crippen molar-refractivity contribution >= 4 is 12.4 Å². The van der Waals surface area contributed by atoms with Gasteiger partial charge in [-0.1, -0.05) is 24.3 Å². The van der Waals surface area contributed by atoms with E-state index in [1.165, 1.54) is 5.56 Å². The monoisotopic (exact) mass is 307 g/mol. The van der Waals surface area contributed by atoms with E-state index in [-0.39, 0.29) is 31.2 Å². The summed E-state index contributed by atoms with van der Waals surface area (Å²) in [5, 5.41) is 12.6. The first-order valence-corrected chi connectivity index (χ1v) is 6.49. The molecule has 20 heavy (non-hydrogen) atoms. The summed E-state index contributed by atoms with van der Waals surface area (Å²) in [6, 6.07) is 7.78. The molecule has 0 spiro atoms. The third-order valence-electron chi connectivity index (χ3n) is 4.36. The molecule has 0 atom stereocenters. The summed E-state index contributed by atoms with van der Waals surface area (Å²) in [5.41, 5.74) is -0.355. The van der Waals surface area contributed by atoms with Crippen LogP contribution in [0.15, 0.2) is 24.3 Å². The Morgan fingerprint density at radius 3 is 1.80 bits per heavy atom. The second kappa shape index (κ2) is 5.20. The molecule has 3 rings (SSSR count). The summed E-state index contributed by atoms with van der Waals surface area (Å²) in [7, 11) is 0. The molecule has 0 aromatic heterocycles. The minimum Gasteiger partial charge on any atom is -0.380 e. The SMILES string of the molecule is Cl.OC1(C(F)(F)F)CC(c2ccc(C3CNC3)cc2)C1. The molecule has 0 bridgehead atoms. The van der Waals surface area contributed by atoms with Crippen molar-refractivity contribution in [3.8, 4) is 0 Å². The van der Waals surface area contributed by atoms with Crippen LogP contribution in [-0.4, -0.2) is 30.0 Å². The molecule has 2 nitrogen and oxygen atoms in total. The summed E-state index contributed by atoms with van der Waals surface area (Å²) in [4.78, 5) is 0. The van der Waals surface area contributed by atoms with E-state index in [0.717, 1.165) is 18.7 Å². The molecule has 6 heteroatoms. The molecule has 0 amide bonds. The molecule has 0 radical (unpaired) electrons. The maximum absolute atomic E-state index is 12.5. The first kappa shape index (κ1) is 15.6. The third-order valence-corrected chi connectivity index (χ3v) is 4.36. The van der Waals surface area contributed by atoms with Gasteiger partial charge < -0.3 is 10.4 Å². The number of nitrogens with one attached hydrogen (secondary N) is 1. The average molecular weight is 308 g/mol. The molecule has 2 N–H and O–H groups in total.